The molecule has 96 valence electrons. The highest BCUT2D eigenvalue weighted by Gasteiger charge is 2.26. The lowest BCUT2D eigenvalue weighted by Crippen LogP contribution is -2.56. The predicted molar refractivity (Wildman–Crippen MR) is 63.8 cm³/mol. The van der Waals surface area contributed by atoms with E-state index in [9.17, 15) is 9.59 Å². The fourth-order valence-electron chi connectivity index (χ4n) is 1.40. The minimum atomic E-state index is -0.463. The first-order valence-electron chi connectivity index (χ1n) is 5.64. The molecule has 1 unspecified atom stereocenters. The molecule has 0 bridgehead atoms. The number of nitrogens with one attached hydrogen (secondary N) is 3. The van der Waals surface area contributed by atoms with Crippen LogP contribution in [0.15, 0.2) is 4.99 Å². The quantitative estimate of drug-likeness (QED) is 0.164. The van der Waals surface area contributed by atoms with Crippen molar-refractivity contribution in [3.8, 4) is 0 Å². The van der Waals surface area contributed by atoms with Gasteiger partial charge in [0.15, 0.2) is 0 Å². The van der Waals surface area contributed by atoms with E-state index in [2.05, 4.69) is 21.1 Å². The Labute approximate surface area is 100 Å². The van der Waals surface area contributed by atoms with Crippen LogP contribution in [-0.2, 0) is 9.59 Å². The van der Waals surface area contributed by atoms with Crippen molar-refractivity contribution < 1.29 is 9.59 Å². The standard InChI is InChI=1S/C10H19N5O2/c1-6(2)5-12-10(15-11)13-7-3-4-8(16)14-9(7)17/h6-7H,3-5,11H2,1-2H3,(H2,12,13,15)(H,14,16,17). The minimum absolute atomic E-state index is 0.241. The van der Waals surface area contributed by atoms with Crippen LogP contribution >= 0.6 is 0 Å². The SMILES string of the molecule is CC(C)CN=C(NN)NC1CCC(=O)NC1=O. The first-order chi connectivity index (χ1) is 8.02. The molecule has 1 atom stereocenters. The van der Waals surface area contributed by atoms with Gasteiger partial charge in [-0.3, -0.25) is 25.3 Å². The molecule has 2 amide bonds. The van der Waals surface area contributed by atoms with Crippen LogP contribution in [0.5, 0.6) is 0 Å². The van der Waals surface area contributed by atoms with E-state index in [1.807, 2.05) is 13.8 Å². The number of nitrogens with zero attached hydrogens (tertiary/aromatic N) is 1. The smallest absolute Gasteiger partial charge is 0.249 e. The summed E-state index contributed by atoms with van der Waals surface area (Å²) in [6.45, 7) is 4.67. The Morgan fingerprint density at radius 3 is 2.82 bits per heavy atom. The molecular formula is C10H19N5O2. The number of piperidine rings is 1. The van der Waals surface area contributed by atoms with E-state index in [0.29, 0.717) is 31.3 Å². The number of imide groups is 1. The molecule has 17 heavy (non-hydrogen) atoms. The second-order valence-electron chi connectivity index (χ2n) is 4.38. The normalized spacial score (nSPS) is 21.4. The molecule has 5 N–H and O–H groups in total. The Balaban J connectivity index is 2.53. The average molecular weight is 241 g/mol. The summed E-state index contributed by atoms with van der Waals surface area (Å²) in [5, 5.41) is 5.14. The lowest BCUT2D eigenvalue weighted by Gasteiger charge is -2.23. The Morgan fingerprint density at radius 1 is 1.59 bits per heavy atom. The van der Waals surface area contributed by atoms with Gasteiger partial charge >= 0.3 is 0 Å². The van der Waals surface area contributed by atoms with Crippen LogP contribution in [0, 0.1) is 5.92 Å². The molecule has 1 aliphatic heterocycles. The van der Waals surface area contributed by atoms with Gasteiger partial charge in [0, 0.05) is 13.0 Å². The number of nitrogens with two attached hydrogens (primary N) is 1. The van der Waals surface area contributed by atoms with Crippen LogP contribution in [-0.4, -0.2) is 30.4 Å². The first-order valence-corrected chi connectivity index (χ1v) is 5.64. The number of hydrogen-bond donors (Lipinski definition) is 4. The third kappa shape index (κ3) is 4.39. The molecule has 0 aromatic heterocycles. The number of carbonyl (C=O) groups excluding carboxylic acids is 2. The van der Waals surface area contributed by atoms with E-state index >= 15 is 0 Å². The van der Waals surface area contributed by atoms with Gasteiger partial charge < -0.3 is 5.32 Å². The van der Waals surface area contributed by atoms with Gasteiger partial charge in [-0.05, 0) is 12.3 Å². The molecule has 0 spiro atoms. The number of amides is 2. The first kappa shape index (κ1) is 13.4. The molecule has 0 aliphatic carbocycles. The zero-order valence-electron chi connectivity index (χ0n) is 10.1. The third-order valence-electron chi connectivity index (χ3n) is 2.30. The summed E-state index contributed by atoms with van der Waals surface area (Å²) in [7, 11) is 0. The Hall–Kier alpha value is -1.63. The van der Waals surface area contributed by atoms with Crippen molar-refractivity contribution in [3.05, 3.63) is 0 Å². The zero-order valence-corrected chi connectivity index (χ0v) is 10.1. The largest absolute Gasteiger partial charge is 0.344 e. The maximum atomic E-state index is 11.5. The third-order valence-corrected chi connectivity index (χ3v) is 2.30. The molecule has 1 saturated heterocycles. The van der Waals surface area contributed by atoms with Crippen molar-refractivity contribution in [2.75, 3.05) is 6.54 Å². The van der Waals surface area contributed by atoms with E-state index in [-0.39, 0.29) is 11.8 Å². The Bertz CT molecular complexity index is 327. The maximum absolute atomic E-state index is 11.5. The molecule has 7 nitrogen and oxygen atoms in total. The molecule has 0 saturated carbocycles. The van der Waals surface area contributed by atoms with Crippen molar-refractivity contribution >= 4 is 17.8 Å². The van der Waals surface area contributed by atoms with Gasteiger partial charge in [-0.1, -0.05) is 13.8 Å². The number of carbonyl (C=O) groups is 2. The van der Waals surface area contributed by atoms with Gasteiger partial charge in [0.1, 0.15) is 6.04 Å². The van der Waals surface area contributed by atoms with Crippen LogP contribution in [0.4, 0.5) is 0 Å². The van der Waals surface area contributed by atoms with Crippen molar-refractivity contribution in [1.29, 1.82) is 0 Å². The van der Waals surface area contributed by atoms with Crippen LogP contribution in [0.3, 0.4) is 0 Å². The number of aliphatic imine (C=N–C) groups is 1. The van der Waals surface area contributed by atoms with E-state index in [1.54, 1.807) is 0 Å². The topological polar surface area (TPSA) is 109 Å². The van der Waals surface area contributed by atoms with Crippen molar-refractivity contribution in [2.45, 2.75) is 32.7 Å². The predicted octanol–water partition coefficient (Wildman–Crippen LogP) is -1.14. The summed E-state index contributed by atoms with van der Waals surface area (Å²) in [6, 6.07) is -0.463. The molecule has 1 fully saturated rings. The fourth-order valence-corrected chi connectivity index (χ4v) is 1.40. The Morgan fingerprint density at radius 2 is 2.29 bits per heavy atom. The average Bonchev–Trinajstić information content (AvgIpc) is 2.26. The lowest BCUT2D eigenvalue weighted by molar-refractivity contribution is -0.134. The van der Waals surface area contributed by atoms with Crippen LogP contribution in [0.2, 0.25) is 0 Å². The van der Waals surface area contributed by atoms with E-state index in [1.165, 1.54) is 0 Å². The van der Waals surface area contributed by atoms with Gasteiger partial charge in [-0.2, -0.15) is 0 Å². The van der Waals surface area contributed by atoms with Gasteiger partial charge in [0.05, 0.1) is 0 Å². The summed E-state index contributed by atoms with van der Waals surface area (Å²) in [6.07, 6.45) is 0.776. The molecule has 0 radical (unpaired) electrons. The summed E-state index contributed by atoms with van der Waals surface area (Å²) in [4.78, 5) is 26.6. The summed E-state index contributed by atoms with van der Waals surface area (Å²) in [5.41, 5.74) is 2.41. The molecule has 1 aliphatic rings. The highest BCUT2D eigenvalue weighted by atomic mass is 16.2. The second-order valence-corrected chi connectivity index (χ2v) is 4.38. The summed E-state index contributed by atoms with van der Waals surface area (Å²) < 4.78 is 0. The van der Waals surface area contributed by atoms with Crippen LogP contribution in [0.1, 0.15) is 26.7 Å². The van der Waals surface area contributed by atoms with Gasteiger partial charge in [0.25, 0.3) is 0 Å². The molecule has 1 heterocycles. The number of rotatable bonds is 3. The van der Waals surface area contributed by atoms with Crippen molar-refractivity contribution in [3.63, 3.8) is 0 Å². The summed E-state index contributed by atoms with van der Waals surface area (Å²) in [5.74, 6) is 5.50. The maximum Gasteiger partial charge on any atom is 0.249 e. The minimum Gasteiger partial charge on any atom is -0.344 e. The van der Waals surface area contributed by atoms with E-state index < -0.39 is 6.04 Å². The molecule has 1 rings (SSSR count). The van der Waals surface area contributed by atoms with Gasteiger partial charge in [-0.25, -0.2) is 5.84 Å². The molecule has 7 heteroatoms. The molecule has 0 aromatic carbocycles. The fraction of sp³-hybridized carbons (Fsp3) is 0.700. The number of hydrogen-bond acceptors (Lipinski definition) is 4. The highest BCUT2D eigenvalue weighted by molar-refractivity contribution is 6.01. The van der Waals surface area contributed by atoms with Crippen LogP contribution in [0.25, 0.3) is 0 Å². The van der Waals surface area contributed by atoms with Crippen molar-refractivity contribution in [1.82, 2.24) is 16.1 Å². The highest BCUT2D eigenvalue weighted by Crippen LogP contribution is 2.03. The monoisotopic (exact) mass is 241 g/mol. The van der Waals surface area contributed by atoms with Crippen molar-refractivity contribution in [2.24, 2.45) is 16.8 Å². The zero-order chi connectivity index (χ0) is 12.8. The van der Waals surface area contributed by atoms with Crippen LogP contribution < -0.4 is 21.9 Å². The Kier molecular flexibility index (Phi) is 4.89. The van der Waals surface area contributed by atoms with E-state index in [4.69, 9.17) is 5.84 Å². The molecular weight excluding hydrogens is 222 g/mol. The lowest BCUT2D eigenvalue weighted by atomic mass is 10.1. The number of hydrazine groups is 1. The summed E-state index contributed by atoms with van der Waals surface area (Å²) >= 11 is 0. The second kappa shape index (κ2) is 6.19. The van der Waals surface area contributed by atoms with Gasteiger partial charge in [-0.15, -0.1) is 0 Å². The van der Waals surface area contributed by atoms with Gasteiger partial charge in [0.2, 0.25) is 17.8 Å². The van der Waals surface area contributed by atoms with E-state index in [0.717, 1.165) is 0 Å². The number of guanidine groups is 1. The molecule has 0 aromatic rings.